The number of sulfonamides is 1. The van der Waals surface area contributed by atoms with Crippen LogP contribution in [-0.2, 0) is 16.4 Å². The molecule has 5 rings (SSSR count). The fraction of sp³-hybridized carbons (Fsp3) is 0.290. The van der Waals surface area contributed by atoms with E-state index < -0.39 is 10.0 Å². The van der Waals surface area contributed by atoms with Crippen LogP contribution in [0.2, 0.25) is 0 Å². The molecule has 2 aromatic heterocycles. The van der Waals surface area contributed by atoms with Crippen LogP contribution in [-0.4, -0.2) is 29.3 Å². The SMILES string of the molecule is CCc1cccc(C)c1-n1c(C)cc(C2C(c3ccccn3)NC(=S)N2c2ccc(NS(C)(=O)=O)c(C)c2)c1C. The summed E-state index contributed by atoms with van der Waals surface area (Å²) in [5, 5.41) is 4.14. The first kappa shape index (κ1) is 27.9. The number of benzene rings is 2. The van der Waals surface area contributed by atoms with Crippen molar-refractivity contribution in [2.75, 3.05) is 15.9 Å². The fourth-order valence-corrected chi connectivity index (χ4v) is 6.79. The van der Waals surface area contributed by atoms with Crippen LogP contribution in [0.5, 0.6) is 0 Å². The number of pyridine rings is 1. The predicted molar refractivity (Wildman–Crippen MR) is 167 cm³/mol. The Bertz CT molecular complexity index is 1700. The maximum atomic E-state index is 11.9. The normalized spacial score (nSPS) is 17.2. The van der Waals surface area contributed by atoms with E-state index in [4.69, 9.17) is 17.2 Å². The summed E-state index contributed by atoms with van der Waals surface area (Å²) in [4.78, 5) is 6.83. The molecule has 9 heteroatoms. The van der Waals surface area contributed by atoms with Crippen molar-refractivity contribution < 1.29 is 8.42 Å². The van der Waals surface area contributed by atoms with Gasteiger partial charge in [-0.15, -0.1) is 0 Å². The molecule has 0 spiro atoms. The molecular formula is C31H35N5O2S2. The molecule has 1 saturated heterocycles. The van der Waals surface area contributed by atoms with Crippen LogP contribution in [0.15, 0.2) is 66.9 Å². The molecule has 208 valence electrons. The molecule has 0 saturated carbocycles. The van der Waals surface area contributed by atoms with E-state index in [1.54, 1.807) is 12.3 Å². The van der Waals surface area contributed by atoms with Crippen molar-refractivity contribution in [1.29, 1.82) is 0 Å². The van der Waals surface area contributed by atoms with Crippen molar-refractivity contribution in [2.45, 2.75) is 53.1 Å². The Kier molecular flexibility index (Phi) is 7.46. The van der Waals surface area contributed by atoms with Gasteiger partial charge in [0.15, 0.2) is 5.11 Å². The van der Waals surface area contributed by atoms with Gasteiger partial charge in [0.25, 0.3) is 0 Å². The number of nitrogens with one attached hydrogen (secondary N) is 2. The maximum Gasteiger partial charge on any atom is 0.229 e. The van der Waals surface area contributed by atoms with E-state index in [1.165, 1.54) is 16.8 Å². The second-order valence-electron chi connectivity index (χ2n) is 10.5. The average Bonchev–Trinajstić information content (AvgIpc) is 3.40. The number of hydrogen-bond acceptors (Lipinski definition) is 4. The quantitative estimate of drug-likeness (QED) is 0.256. The van der Waals surface area contributed by atoms with Crippen molar-refractivity contribution in [1.82, 2.24) is 14.9 Å². The molecular weight excluding hydrogens is 539 g/mol. The smallest absolute Gasteiger partial charge is 0.229 e. The highest BCUT2D eigenvalue weighted by atomic mass is 32.2. The van der Waals surface area contributed by atoms with Crippen LogP contribution in [0, 0.1) is 27.7 Å². The van der Waals surface area contributed by atoms with Crippen molar-refractivity contribution in [3.63, 3.8) is 0 Å². The highest BCUT2D eigenvalue weighted by molar-refractivity contribution is 7.92. The number of para-hydroxylation sites is 1. The highest BCUT2D eigenvalue weighted by Crippen LogP contribution is 2.44. The van der Waals surface area contributed by atoms with Gasteiger partial charge in [-0.25, -0.2) is 8.42 Å². The molecule has 0 bridgehead atoms. The monoisotopic (exact) mass is 573 g/mol. The molecule has 1 aliphatic heterocycles. The molecule has 3 heterocycles. The summed E-state index contributed by atoms with van der Waals surface area (Å²) in [7, 11) is -3.40. The molecule has 4 aromatic rings. The van der Waals surface area contributed by atoms with Crippen LogP contribution < -0.4 is 14.9 Å². The largest absolute Gasteiger partial charge is 0.351 e. The minimum absolute atomic E-state index is 0.176. The zero-order valence-corrected chi connectivity index (χ0v) is 25.3. The Hall–Kier alpha value is -3.69. The zero-order valence-electron chi connectivity index (χ0n) is 23.7. The predicted octanol–water partition coefficient (Wildman–Crippen LogP) is 6.22. The molecule has 1 fully saturated rings. The fourth-order valence-electron chi connectivity index (χ4n) is 5.82. The third-order valence-electron chi connectivity index (χ3n) is 7.60. The van der Waals surface area contributed by atoms with Crippen LogP contribution >= 0.6 is 12.2 Å². The van der Waals surface area contributed by atoms with Gasteiger partial charge in [-0.3, -0.25) is 9.71 Å². The van der Waals surface area contributed by atoms with Crippen LogP contribution in [0.4, 0.5) is 11.4 Å². The summed E-state index contributed by atoms with van der Waals surface area (Å²) in [6, 6.07) is 20.0. The minimum atomic E-state index is -3.40. The second kappa shape index (κ2) is 10.7. The molecule has 0 radical (unpaired) electrons. The number of aromatic nitrogens is 2. The van der Waals surface area contributed by atoms with E-state index in [2.05, 4.69) is 71.5 Å². The van der Waals surface area contributed by atoms with Crippen molar-refractivity contribution in [3.05, 3.63) is 106 Å². The Morgan fingerprint density at radius 3 is 2.42 bits per heavy atom. The molecule has 7 nitrogen and oxygen atoms in total. The van der Waals surface area contributed by atoms with Gasteiger partial charge in [-0.05, 0) is 105 Å². The summed E-state index contributed by atoms with van der Waals surface area (Å²) in [5.41, 5.74) is 10.4. The first-order valence-corrected chi connectivity index (χ1v) is 15.7. The number of thiocarbonyl (C=S) groups is 1. The van der Waals surface area contributed by atoms with Crippen LogP contribution in [0.3, 0.4) is 0 Å². The topological polar surface area (TPSA) is 79.3 Å². The van der Waals surface area contributed by atoms with E-state index in [9.17, 15) is 8.42 Å². The Morgan fingerprint density at radius 2 is 1.77 bits per heavy atom. The van der Waals surface area contributed by atoms with Gasteiger partial charge in [0.05, 0.1) is 35.4 Å². The second-order valence-corrected chi connectivity index (χ2v) is 12.6. The van der Waals surface area contributed by atoms with Crippen molar-refractivity contribution in [2.24, 2.45) is 0 Å². The van der Waals surface area contributed by atoms with Gasteiger partial charge >= 0.3 is 0 Å². The van der Waals surface area contributed by atoms with E-state index in [-0.39, 0.29) is 12.1 Å². The van der Waals surface area contributed by atoms with Gasteiger partial charge in [-0.1, -0.05) is 31.2 Å². The molecule has 0 aliphatic carbocycles. The summed E-state index contributed by atoms with van der Waals surface area (Å²) in [6.07, 6.45) is 3.90. The standard InChI is InChI=1S/C31H35N5O2S2/c1-7-23-12-10-11-19(2)29(23)35-21(4)18-25(22(35)5)30-28(27-13-8-9-16-32-27)33-31(39)36(30)24-14-15-26(20(3)17-24)34-40(6,37)38/h8-18,28,30,34H,7H2,1-6H3,(H,33,39). The first-order valence-electron chi connectivity index (χ1n) is 13.4. The average molecular weight is 574 g/mol. The third kappa shape index (κ3) is 5.11. The molecule has 40 heavy (non-hydrogen) atoms. The Morgan fingerprint density at radius 1 is 1.00 bits per heavy atom. The molecule has 2 N–H and O–H groups in total. The number of anilines is 2. The lowest BCUT2D eigenvalue weighted by Crippen LogP contribution is -2.29. The summed E-state index contributed by atoms with van der Waals surface area (Å²) in [6.45, 7) is 10.6. The lowest BCUT2D eigenvalue weighted by atomic mass is 9.96. The summed E-state index contributed by atoms with van der Waals surface area (Å²) < 4.78 is 28.7. The third-order valence-corrected chi connectivity index (χ3v) is 8.50. The highest BCUT2D eigenvalue weighted by Gasteiger charge is 2.42. The molecule has 0 amide bonds. The number of nitrogens with zero attached hydrogens (tertiary/aromatic N) is 3. The van der Waals surface area contributed by atoms with Crippen molar-refractivity contribution in [3.8, 4) is 5.69 Å². The summed E-state index contributed by atoms with van der Waals surface area (Å²) in [5.74, 6) is 0. The molecule has 2 atom stereocenters. The van der Waals surface area contributed by atoms with Gasteiger partial charge in [0.1, 0.15) is 0 Å². The van der Waals surface area contributed by atoms with Gasteiger partial charge in [-0.2, -0.15) is 0 Å². The lowest BCUT2D eigenvalue weighted by Gasteiger charge is -2.29. The van der Waals surface area contributed by atoms with E-state index in [1.807, 2.05) is 37.3 Å². The van der Waals surface area contributed by atoms with Gasteiger partial charge in [0, 0.05) is 23.3 Å². The van der Waals surface area contributed by atoms with E-state index in [0.717, 1.165) is 46.6 Å². The van der Waals surface area contributed by atoms with Gasteiger partial charge in [0.2, 0.25) is 10.0 Å². The summed E-state index contributed by atoms with van der Waals surface area (Å²) >= 11 is 5.95. The van der Waals surface area contributed by atoms with E-state index >= 15 is 0 Å². The molecule has 1 aliphatic rings. The zero-order chi connectivity index (χ0) is 28.8. The van der Waals surface area contributed by atoms with Gasteiger partial charge < -0.3 is 14.8 Å². The van der Waals surface area contributed by atoms with Crippen molar-refractivity contribution >= 4 is 38.7 Å². The van der Waals surface area contributed by atoms with E-state index in [0.29, 0.717) is 10.8 Å². The Labute approximate surface area is 242 Å². The maximum absolute atomic E-state index is 11.9. The number of hydrogen-bond donors (Lipinski definition) is 2. The molecule has 2 unspecified atom stereocenters. The number of aryl methyl sites for hydroxylation is 4. The minimum Gasteiger partial charge on any atom is -0.351 e. The molecule has 2 aromatic carbocycles. The first-order chi connectivity index (χ1) is 19.0. The lowest BCUT2D eigenvalue weighted by molar-refractivity contribution is 0.565. The van der Waals surface area contributed by atoms with Crippen LogP contribution in [0.1, 0.15) is 58.3 Å². The number of rotatable bonds is 7. The van der Waals surface area contributed by atoms with Crippen LogP contribution in [0.25, 0.3) is 5.69 Å². The Balaban J connectivity index is 1.68.